The van der Waals surface area contributed by atoms with Crippen molar-refractivity contribution in [3.63, 3.8) is 0 Å². The Morgan fingerprint density at radius 1 is 1.39 bits per heavy atom. The molecule has 0 saturated carbocycles. The average molecular weight is 268 g/mol. The van der Waals surface area contributed by atoms with E-state index in [1.165, 1.54) is 20.0 Å². The predicted molar refractivity (Wildman–Crippen MR) is 73.4 cm³/mol. The quantitative estimate of drug-likeness (QED) is 0.774. The lowest BCUT2D eigenvalue weighted by Crippen LogP contribution is -2.37. The summed E-state index contributed by atoms with van der Waals surface area (Å²) in [5, 5.41) is 0.948. The highest BCUT2D eigenvalue weighted by Crippen LogP contribution is 2.34. The van der Waals surface area contributed by atoms with Crippen LogP contribution >= 0.6 is 11.3 Å². The van der Waals surface area contributed by atoms with E-state index in [9.17, 15) is 4.79 Å². The van der Waals surface area contributed by atoms with Crippen LogP contribution in [0.1, 0.15) is 42.1 Å². The van der Waals surface area contributed by atoms with Gasteiger partial charge in [0.15, 0.2) is 10.8 Å². The molecule has 1 aliphatic heterocycles. The number of thiazole rings is 1. The van der Waals surface area contributed by atoms with Crippen LogP contribution in [0.3, 0.4) is 0 Å². The van der Waals surface area contributed by atoms with Gasteiger partial charge in [-0.3, -0.25) is 0 Å². The normalized spacial score (nSPS) is 18.8. The fraction of sp³-hybridized carbons (Fsp3) is 0.692. The van der Waals surface area contributed by atoms with Crippen LogP contribution in [0.25, 0.3) is 0 Å². The Bertz CT molecular complexity index is 444. The lowest BCUT2D eigenvalue weighted by Gasteiger charge is -2.36. The molecule has 100 valence electrons. The molecule has 1 aliphatic rings. The second-order valence-corrected chi connectivity index (χ2v) is 6.73. The number of carbonyl (C=O) groups excluding carboxylic acids is 1. The third-order valence-electron chi connectivity index (χ3n) is 3.55. The summed E-state index contributed by atoms with van der Waals surface area (Å²) in [5.41, 5.74) is 0.885. The molecule has 0 aliphatic carbocycles. The summed E-state index contributed by atoms with van der Waals surface area (Å²) in [6, 6.07) is 0. The van der Waals surface area contributed by atoms with Crippen LogP contribution in [-0.4, -0.2) is 31.2 Å². The Balaban J connectivity index is 2.13. The Labute approximate surface area is 112 Å². The molecule has 0 N–H and O–H groups in total. The molecule has 0 bridgehead atoms. The molecule has 0 radical (unpaired) electrons. The molecule has 0 unspecified atom stereocenters. The second-order valence-electron chi connectivity index (χ2n) is 5.54. The molecule has 2 rings (SSSR count). The van der Waals surface area contributed by atoms with Gasteiger partial charge in [0.05, 0.1) is 7.11 Å². The van der Waals surface area contributed by atoms with Gasteiger partial charge in [0.25, 0.3) is 0 Å². The fourth-order valence-corrected chi connectivity index (χ4v) is 3.06. The number of aromatic nitrogens is 1. The number of methoxy groups -OCH3 is 1. The first kappa shape index (κ1) is 13.3. The summed E-state index contributed by atoms with van der Waals surface area (Å²) < 4.78 is 4.74. The van der Waals surface area contributed by atoms with Gasteiger partial charge < -0.3 is 9.64 Å². The van der Waals surface area contributed by atoms with Crippen molar-refractivity contribution >= 4 is 22.4 Å². The third kappa shape index (κ3) is 2.66. The molecule has 4 nitrogen and oxygen atoms in total. The number of piperidine rings is 1. The highest BCUT2D eigenvalue weighted by atomic mass is 32.1. The van der Waals surface area contributed by atoms with E-state index in [2.05, 4.69) is 23.7 Å². The van der Waals surface area contributed by atoms with Crippen molar-refractivity contribution in [2.24, 2.45) is 5.41 Å². The molecular weight excluding hydrogens is 248 g/mol. The molecule has 1 aromatic rings. The Morgan fingerprint density at radius 2 is 2.00 bits per heavy atom. The van der Waals surface area contributed by atoms with Crippen LogP contribution in [0.15, 0.2) is 0 Å². The Morgan fingerprint density at radius 3 is 2.56 bits per heavy atom. The Hall–Kier alpha value is -1.10. The van der Waals surface area contributed by atoms with Crippen molar-refractivity contribution in [3.8, 4) is 0 Å². The van der Waals surface area contributed by atoms with Crippen LogP contribution < -0.4 is 4.90 Å². The number of nitrogens with zero attached hydrogens (tertiary/aromatic N) is 2. The standard InChI is InChI=1S/C13H20N2O2S/c1-9-10(11(16)17-4)14-12(18-9)15-7-5-13(2,3)6-8-15/h5-8H2,1-4H3. The van der Waals surface area contributed by atoms with Gasteiger partial charge in [-0.1, -0.05) is 13.8 Å². The van der Waals surface area contributed by atoms with Gasteiger partial charge in [-0.2, -0.15) is 0 Å². The van der Waals surface area contributed by atoms with Gasteiger partial charge in [0.1, 0.15) is 0 Å². The molecule has 1 fully saturated rings. The van der Waals surface area contributed by atoms with Crippen molar-refractivity contribution in [1.29, 1.82) is 0 Å². The lowest BCUT2D eigenvalue weighted by atomic mass is 9.83. The molecule has 1 saturated heterocycles. The molecule has 0 aromatic carbocycles. The summed E-state index contributed by atoms with van der Waals surface area (Å²) in [4.78, 5) is 19.2. The molecule has 0 amide bonds. The van der Waals surface area contributed by atoms with E-state index in [0.29, 0.717) is 11.1 Å². The maximum Gasteiger partial charge on any atom is 0.357 e. The van der Waals surface area contributed by atoms with Crippen LogP contribution in [0.2, 0.25) is 0 Å². The monoisotopic (exact) mass is 268 g/mol. The minimum absolute atomic E-state index is 0.340. The molecule has 0 spiro atoms. The summed E-state index contributed by atoms with van der Waals surface area (Å²) >= 11 is 1.58. The maximum absolute atomic E-state index is 11.5. The minimum Gasteiger partial charge on any atom is -0.464 e. The van der Waals surface area contributed by atoms with Gasteiger partial charge in [-0.15, -0.1) is 11.3 Å². The van der Waals surface area contributed by atoms with E-state index in [-0.39, 0.29) is 5.97 Å². The number of anilines is 1. The number of hydrogen-bond donors (Lipinski definition) is 0. The zero-order chi connectivity index (χ0) is 13.3. The number of rotatable bonds is 2. The van der Waals surface area contributed by atoms with E-state index in [1.54, 1.807) is 11.3 Å². The SMILES string of the molecule is COC(=O)c1nc(N2CCC(C)(C)CC2)sc1C. The second kappa shape index (κ2) is 4.88. The number of aryl methyl sites for hydroxylation is 1. The minimum atomic E-state index is -0.340. The summed E-state index contributed by atoms with van der Waals surface area (Å²) in [6.07, 6.45) is 2.33. The first-order chi connectivity index (χ1) is 8.43. The predicted octanol–water partition coefficient (Wildman–Crippen LogP) is 2.86. The highest BCUT2D eigenvalue weighted by molar-refractivity contribution is 7.15. The topological polar surface area (TPSA) is 42.4 Å². The number of hydrogen-bond acceptors (Lipinski definition) is 5. The molecule has 1 aromatic heterocycles. The van der Waals surface area contributed by atoms with Crippen LogP contribution in [0.5, 0.6) is 0 Å². The Kier molecular flexibility index (Phi) is 3.61. The van der Waals surface area contributed by atoms with Crippen molar-refractivity contribution in [3.05, 3.63) is 10.6 Å². The number of ether oxygens (including phenoxy) is 1. The molecule has 5 heteroatoms. The molecule has 0 atom stereocenters. The van der Waals surface area contributed by atoms with Crippen LogP contribution in [-0.2, 0) is 4.74 Å². The zero-order valence-electron chi connectivity index (χ0n) is 11.4. The largest absolute Gasteiger partial charge is 0.464 e. The van der Waals surface area contributed by atoms with Gasteiger partial charge in [0.2, 0.25) is 0 Å². The number of carbonyl (C=O) groups is 1. The van der Waals surface area contributed by atoms with Crippen molar-refractivity contribution in [2.75, 3.05) is 25.1 Å². The van der Waals surface area contributed by atoms with Crippen molar-refractivity contribution in [2.45, 2.75) is 33.6 Å². The van der Waals surface area contributed by atoms with E-state index < -0.39 is 0 Å². The van der Waals surface area contributed by atoms with Crippen LogP contribution in [0, 0.1) is 12.3 Å². The average Bonchev–Trinajstić information content (AvgIpc) is 2.70. The zero-order valence-corrected chi connectivity index (χ0v) is 12.3. The van der Waals surface area contributed by atoms with Gasteiger partial charge in [0, 0.05) is 18.0 Å². The third-order valence-corrected chi connectivity index (χ3v) is 4.58. The van der Waals surface area contributed by atoms with Gasteiger partial charge in [-0.25, -0.2) is 9.78 Å². The van der Waals surface area contributed by atoms with Crippen LogP contribution in [0.4, 0.5) is 5.13 Å². The van der Waals surface area contributed by atoms with E-state index >= 15 is 0 Å². The van der Waals surface area contributed by atoms with Gasteiger partial charge in [-0.05, 0) is 25.2 Å². The first-order valence-electron chi connectivity index (χ1n) is 6.24. The van der Waals surface area contributed by atoms with Crippen molar-refractivity contribution < 1.29 is 9.53 Å². The van der Waals surface area contributed by atoms with E-state index in [0.717, 1.165) is 23.1 Å². The maximum atomic E-state index is 11.5. The van der Waals surface area contributed by atoms with Crippen molar-refractivity contribution in [1.82, 2.24) is 4.98 Å². The summed E-state index contributed by atoms with van der Waals surface area (Å²) in [7, 11) is 1.39. The summed E-state index contributed by atoms with van der Waals surface area (Å²) in [5.74, 6) is -0.340. The lowest BCUT2D eigenvalue weighted by molar-refractivity contribution is 0.0594. The summed E-state index contributed by atoms with van der Waals surface area (Å²) in [6.45, 7) is 8.55. The fourth-order valence-electron chi connectivity index (χ4n) is 2.11. The molecule has 2 heterocycles. The van der Waals surface area contributed by atoms with Gasteiger partial charge >= 0.3 is 5.97 Å². The first-order valence-corrected chi connectivity index (χ1v) is 7.05. The van der Waals surface area contributed by atoms with E-state index in [1.807, 2.05) is 6.92 Å². The molecular formula is C13H20N2O2S. The van der Waals surface area contributed by atoms with E-state index in [4.69, 9.17) is 4.74 Å². The highest BCUT2D eigenvalue weighted by Gasteiger charge is 2.27. The molecule has 18 heavy (non-hydrogen) atoms. The smallest absolute Gasteiger partial charge is 0.357 e. The number of esters is 1.